The second kappa shape index (κ2) is 9.97. The van der Waals surface area contributed by atoms with E-state index >= 15 is 0 Å². The molecule has 0 spiro atoms. The number of amides is 1. The molecule has 1 heterocycles. The summed E-state index contributed by atoms with van der Waals surface area (Å²) in [7, 11) is 0. The molecule has 0 fully saturated rings. The van der Waals surface area contributed by atoms with Gasteiger partial charge >= 0.3 is 0 Å². The second-order valence-electron chi connectivity index (χ2n) is 7.56. The number of hydrogen-bond donors (Lipinski definition) is 2. The van der Waals surface area contributed by atoms with Crippen molar-refractivity contribution >= 4 is 56.8 Å². The normalized spacial score (nSPS) is 11.5. The maximum Gasteiger partial charge on any atom is 0.234 e. The summed E-state index contributed by atoms with van der Waals surface area (Å²) in [5.41, 5.74) is 4.37. The van der Waals surface area contributed by atoms with Crippen molar-refractivity contribution in [2.45, 2.75) is 24.1 Å². The topological polar surface area (TPSA) is 74.6 Å². The Morgan fingerprint density at radius 2 is 1.94 bits per heavy atom. The van der Waals surface area contributed by atoms with Gasteiger partial charge in [0.2, 0.25) is 5.91 Å². The van der Waals surface area contributed by atoms with E-state index in [-0.39, 0.29) is 11.7 Å². The number of thiazole rings is 1. The number of aromatic hydroxyl groups is 1. The molecule has 32 heavy (non-hydrogen) atoms. The van der Waals surface area contributed by atoms with Gasteiger partial charge < -0.3 is 10.4 Å². The quantitative estimate of drug-likeness (QED) is 0.240. The average Bonchev–Trinajstić information content (AvgIpc) is 3.20. The van der Waals surface area contributed by atoms with E-state index in [1.165, 1.54) is 28.7 Å². The van der Waals surface area contributed by atoms with Gasteiger partial charge in [-0.2, -0.15) is 0 Å². The van der Waals surface area contributed by atoms with Crippen molar-refractivity contribution in [2.75, 3.05) is 11.1 Å². The number of phenolic OH excluding ortho intramolecular Hbond substituents is 1. The Balaban J connectivity index is 1.37. The molecule has 0 bridgehead atoms. The van der Waals surface area contributed by atoms with Crippen LogP contribution in [0.25, 0.3) is 10.2 Å². The van der Waals surface area contributed by atoms with Crippen LogP contribution in [0.15, 0.2) is 76.1 Å². The lowest BCUT2D eigenvalue weighted by Crippen LogP contribution is -2.13. The van der Waals surface area contributed by atoms with Crippen LogP contribution in [-0.2, 0) is 4.79 Å². The predicted octanol–water partition coefficient (Wildman–Crippen LogP) is 6.61. The summed E-state index contributed by atoms with van der Waals surface area (Å²) >= 11 is 2.96. The molecule has 162 valence electrons. The molecule has 1 amide bonds. The van der Waals surface area contributed by atoms with Crippen LogP contribution >= 0.6 is 23.1 Å². The van der Waals surface area contributed by atoms with E-state index in [0.29, 0.717) is 17.2 Å². The predicted molar refractivity (Wildman–Crippen MR) is 135 cm³/mol. The third kappa shape index (κ3) is 5.55. The Kier molecular flexibility index (Phi) is 6.87. The highest BCUT2D eigenvalue weighted by atomic mass is 32.2. The fourth-order valence-corrected chi connectivity index (χ4v) is 4.95. The van der Waals surface area contributed by atoms with Gasteiger partial charge in [0, 0.05) is 17.5 Å². The first-order chi connectivity index (χ1) is 15.5. The summed E-state index contributed by atoms with van der Waals surface area (Å²) in [6.07, 6.45) is 1.64. The second-order valence-corrected chi connectivity index (χ2v) is 9.82. The molecule has 3 aromatic carbocycles. The zero-order chi connectivity index (χ0) is 22.5. The Morgan fingerprint density at radius 3 is 2.69 bits per heavy atom. The molecule has 4 aromatic rings. The summed E-state index contributed by atoms with van der Waals surface area (Å²) < 4.78 is 1.84. The standard InChI is InChI=1S/C25H23N3O2S2/c1-16(2)17-7-9-19(10-8-17)27-24(30)15-31-25-28-21-12-11-20(13-23(21)32-25)26-14-18-5-3-4-6-22(18)29/h3-14,16,29H,15H2,1-2H3,(H,27,30). The molecule has 5 nitrogen and oxygen atoms in total. The van der Waals surface area contributed by atoms with Gasteiger partial charge in [-0.05, 0) is 53.9 Å². The number of thioether (sulfide) groups is 1. The Labute approximate surface area is 195 Å². The van der Waals surface area contributed by atoms with E-state index in [0.717, 1.165) is 25.9 Å². The fraction of sp³-hybridized carbons (Fsp3) is 0.160. The zero-order valence-corrected chi connectivity index (χ0v) is 19.4. The van der Waals surface area contributed by atoms with E-state index in [4.69, 9.17) is 0 Å². The van der Waals surface area contributed by atoms with Crippen LogP contribution in [0.1, 0.15) is 30.9 Å². The highest BCUT2D eigenvalue weighted by Gasteiger charge is 2.09. The average molecular weight is 462 g/mol. The number of aromatic nitrogens is 1. The summed E-state index contributed by atoms with van der Waals surface area (Å²) in [5, 5.41) is 12.8. The highest BCUT2D eigenvalue weighted by molar-refractivity contribution is 8.01. The smallest absolute Gasteiger partial charge is 0.234 e. The molecule has 1 aromatic heterocycles. The molecule has 0 saturated carbocycles. The van der Waals surface area contributed by atoms with Crippen molar-refractivity contribution < 1.29 is 9.90 Å². The number of para-hydroxylation sites is 1. The molecule has 0 atom stereocenters. The minimum absolute atomic E-state index is 0.0560. The van der Waals surface area contributed by atoms with Crippen molar-refractivity contribution in [3.8, 4) is 5.75 Å². The van der Waals surface area contributed by atoms with Crippen LogP contribution in [0.5, 0.6) is 5.75 Å². The number of carbonyl (C=O) groups is 1. The number of nitrogens with one attached hydrogen (secondary N) is 1. The molecule has 2 N–H and O–H groups in total. The van der Waals surface area contributed by atoms with Gasteiger partial charge in [0.05, 0.1) is 21.7 Å². The van der Waals surface area contributed by atoms with E-state index in [2.05, 4.69) is 29.1 Å². The van der Waals surface area contributed by atoms with Gasteiger partial charge in [-0.3, -0.25) is 9.79 Å². The van der Waals surface area contributed by atoms with Gasteiger partial charge in [0.25, 0.3) is 0 Å². The number of hydrogen-bond acceptors (Lipinski definition) is 6. The van der Waals surface area contributed by atoms with Crippen molar-refractivity contribution in [2.24, 2.45) is 4.99 Å². The highest BCUT2D eigenvalue weighted by Crippen LogP contribution is 2.32. The lowest BCUT2D eigenvalue weighted by Gasteiger charge is -2.08. The van der Waals surface area contributed by atoms with Gasteiger partial charge in [0.1, 0.15) is 5.75 Å². The van der Waals surface area contributed by atoms with Gasteiger partial charge in [-0.15, -0.1) is 11.3 Å². The van der Waals surface area contributed by atoms with Crippen LogP contribution in [0.4, 0.5) is 11.4 Å². The molecule has 0 radical (unpaired) electrons. The lowest BCUT2D eigenvalue weighted by molar-refractivity contribution is -0.113. The molecular formula is C25H23N3O2S2. The zero-order valence-electron chi connectivity index (χ0n) is 17.8. The third-order valence-electron chi connectivity index (χ3n) is 4.83. The van der Waals surface area contributed by atoms with E-state index in [1.807, 2.05) is 54.6 Å². The van der Waals surface area contributed by atoms with Gasteiger partial charge in [-0.25, -0.2) is 4.98 Å². The number of fused-ring (bicyclic) bond motifs is 1. The molecule has 0 saturated heterocycles. The summed E-state index contributed by atoms with van der Waals surface area (Å²) in [5.74, 6) is 0.901. The molecule has 7 heteroatoms. The van der Waals surface area contributed by atoms with E-state index < -0.39 is 0 Å². The van der Waals surface area contributed by atoms with Gasteiger partial charge in [-0.1, -0.05) is 49.9 Å². The summed E-state index contributed by atoms with van der Waals surface area (Å²) in [4.78, 5) is 21.4. The first-order valence-corrected chi connectivity index (χ1v) is 12.0. The van der Waals surface area contributed by atoms with E-state index in [1.54, 1.807) is 18.3 Å². The van der Waals surface area contributed by atoms with Crippen LogP contribution < -0.4 is 5.32 Å². The van der Waals surface area contributed by atoms with Crippen LogP contribution in [0.2, 0.25) is 0 Å². The number of benzene rings is 3. The van der Waals surface area contributed by atoms with Crippen molar-refractivity contribution in [3.63, 3.8) is 0 Å². The first kappa shape index (κ1) is 22.0. The Bertz CT molecular complexity index is 1260. The van der Waals surface area contributed by atoms with Crippen LogP contribution in [-0.4, -0.2) is 28.0 Å². The first-order valence-electron chi connectivity index (χ1n) is 10.2. The van der Waals surface area contributed by atoms with Gasteiger partial charge in [0.15, 0.2) is 4.34 Å². The Morgan fingerprint density at radius 1 is 1.16 bits per heavy atom. The van der Waals surface area contributed by atoms with Crippen molar-refractivity contribution in [1.82, 2.24) is 4.98 Å². The Hall–Kier alpha value is -3.16. The molecule has 0 aliphatic rings. The van der Waals surface area contributed by atoms with Crippen molar-refractivity contribution in [1.29, 1.82) is 0 Å². The minimum atomic E-state index is -0.0560. The maximum absolute atomic E-state index is 12.3. The number of phenols is 1. The molecule has 0 aliphatic carbocycles. The van der Waals surface area contributed by atoms with Crippen LogP contribution in [0, 0.1) is 0 Å². The monoisotopic (exact) mass is 461 g/mol. The van der Waals surface area contributed by atoms with Crippen molar-refractivity contribution in [3.05, 3.63) is 77.9 Å². The number of rotatable bonds is 7. The summed E-state index contributed by atoms with van der Waals surface area (Å²) in [6.45, 7) is 4.29. The van der Waals surface area contributed by atoms with E-state index in [9.17, 15) is 9.90 Å². The maximum atomic E-state index is 12.3. The van der Waals surface area contributed by atoms with Crippen LogP contribution in [0.3, 0.4) is 0 Å². The number of anilines is 1. The number of nitrogens with zero attached hydrogens (tertiary/aromatic N) is 2. The fourth-order valence-electron chi connectivity index (χ4n) is 3.05. The SMILES string of the molecule is CC(C)c1ccc(NC(=O)CSc2nc3ccc(N=Cc4ccccc4O)cc3s2)cc1. The molecule has 4 rings (SSSR count). The lowest BCUT2D eigenvalue weighted by atomic mass is 10.0. The minimum Gasteiger partial charge on any atom is -0.507 e. The molecule has 0 unspecified atom stereocenters. The number of aliphatic imine (C=N–C) groups is 1. The molecular weight excluding hydrogens is 438 g/mol. The third-order valence-corrected chi connectivity index (χ3v) is 6.99. The molecule has 0 aliphatic heterocycles. The largest absolute Gasteiger partial charge is 0.507 e. The number of carbonyl (C=O) groups excluding carboxylic acids is 1. The summed E-state index contributed by atoms with van der Waals surface area (Å²) in [6, 6.07) is 20.8.